The standard InChI is InChI=1S/C15H23N3O/c1-10-5-3-4-6-13(10)18-14-8-7-11(9-12(14)16)15(19)17-2/h7-10,13,18H,3-6,16H2,1-2H3,(H,17,19). The van der Waals surface area contributed by atoms with Crippen LogP contribution in [0.3, 0.4) is 0 Å². The molecule has 2 atom stereocenters. The van der Waals surface area contributed by atoms with E-state index in [9.17, 15) is 4.79 Å². The molecule has 1 aromatic carbocycles. The fourth-order valence-electron chi connectivity index (χ4n) is 2.71. The van der Waals surface area contributed by atoms with Crippen LogP contribution in [0.1, 0.15) is 43.0 Å². The molecule has 0 bridgehead atoms. The molecule has 0 heterocycles. The van der Waals surface area contributed by atoms with Crippen LogP contribution >= 0.6 is 0 Å². The van der Waals surface area contributed by atoms with Gasteiger partial charge in [-0.05, 0) is 37.0 Å². The average molecular weight is 261 g/mol. The smallest absolute Gasteiger partial charge is 0.251 e. The Morgan fingerprint density at radius 3 is 2.68 bits per heavy atom. The zero-order chi connectivity index (χ0) is 13.8. The maximum absolute atomic E-state index is 11.5. The number of anilines is 2. The Hall–Kier alpha value is -1.71. The Balaban J connectivity index is 2.10. The highest BCUT2D eigenvalue weighted by atomic mass is 16.1. The van der Waals surface area contributed by atoms with Gasteiger partial charge in [0.05, 0.1) is 11.4 Å². The third-order valence-electron chi connectivity index (χ3n) is 3.99. The second kappa shape index (κ2) is 5.95. The lowest BCUT2D eigenvalue weighted by Crippen LogP contribution is -2.30. The number of nitrogen functional groups attached to an aromatic ring is 1. The van der Waals surface area contributed by atoms with Gasteiger partial charge in [-0.1, -0.05) is 19.8 Å². The molecule has 4 nitrogen and oxygen atoms in total. The van der Waals surface area contributed by atoms with E-state index >= 15 is 0 Å². The number of carbonyl (C=O) groups excluding carboxylic acids is 1. The fourth-order valence-corrected chi connectivity index (χ4v) is 2.71. The van der Waals surface area contributed by atoms with Gasteiger partial charge < -0.3 is 16.4 Å². The molecule has 1 fully saturated rings. The van der Waals surface area contributed by atoms with E-state index in [1.54, 1.807) is 13.1 Å². The van der Waals surface area contributed by atoms with Gasteiger partial charge in [-0.15, -0.1) is 0 Å². The third kappa shape index (κ3) is 3.19. The predicted octanol–water partition coefficient (Wildman–Crippen LogP) is 2.62. The van der Waals surface area contributed by atoms with E-state index < -0.39 is 0 Å². The number of carbonyl (C=O) groups is 1. The van der Waals surface area contributed by atoms with E-state index in [-0.39, 0.29) is 5.91 Å². The van der Waals surface area contributed by atoms with Crippen LogP contribution in [-0.4, -0.2) is 19.0 Å². The summed E-state index contributed by atoms with van der Waals surface area (Å²) < 4.78 is 0. The first-order valence-electron chi connectivity index (χ1n) is 7.00. The molecule has 19 heavy (non-hydrogen) atoms. The molecule has 0 saturated heterocycles. The van der Waals surface area contributed by atoms with Crippen molar-refractivity contribution in [1.29, 1.82) is 0 Å². The Kier molecular flexibility index (Phi) is 4.30. The zero-order valence-corrected chi connectivity index (χ0v) is 11.7. The quantitative estimate of drug-likeness (QED) is 0.733. The minimum Gasteiger partial charge on any atom is -0.397 e. The summed E-state index contributed by atoms with van der Waals surface area (Å²) >= 11 is 0. The second-order valence-electron chi connectivity index (χ2n) is 5.39. The number of amides is 1. The van der Waals surface area contributed by atoms with E-state index in [4.69, 9.17) is 5.73 Å². The van der Waals surface area contributed by atoms with Crippen molar-refractivity contribution in [3.63, 3.8) is 0 Å². The SMILES string of the molecule is CNC(=O)c1ccc(NC2CCCCC2C)c(N)c1. The van der Waals surface area contributed by atoms with Crippen LogP contribution in [0.2, 0.25) is 0 Å². The van der Waals surface area contributed by atoms with Gasteiger partial charge in [0.1, 0.15) is 0 Å². The molecule has 0 aliphatic heterocycles. The minimum absolute atomic E-state index is 0.107. The number of rotatable bonds is 3. The molecule has 2 unspecified atom stereocenters. The Morgan fingerprint density at radius 2 is 2.05 bits per heavy atom. The maximum Gasteiger partial charge on any atom is 0.251 e. The third-order valence-corrected chi connectivity index (χ3v) is 3.99. The molecule has 4 N–H and O–H groups in total. The Bertz CT molecular complexity index is 459. The highest BCUT2D eigenvalue weighted by molar-refractivity contribution is 5.95. The topological polar surface area (TPSA) is 67.2 Å². The molecule has 2 rings (SSSR count). The molecule has 104 valence electrons. The summed E-state index contributed by atoms with van der Waals surface area (Å²) in [5.41, 5.74) is 8.21. The van der Waals surface area contributed by atoms with E-state index in [1.165, 1.54) is 25.7 Å². The van der Waals surface area contributed by atoms with Gasteiger partial charge in [0.25, 0.3) is 5.91 Å². The molecule has 0 aromatic heterocycles. The molecule has 1 amide bonds. The summed E-state index contributed by atoms with van der Waals surface area (Å²) in [6.07, 6.45) is 5.06. The highest BCUT2D eigenvalue weighted by Crippen LogP contribution is 2.29. The van der Waals surface area contributed by atoms with Crippen molar-refractivity contribution < 1.29 is 4.79 Å². The summed E-state index contributed by atoms with van der Waals surface area (Å²) in [4.78, 5) is 11.5. The largest absolute Gasteiger partial charge is 0.397 e. The summed E-state index contributed by atoms with van der Waals surface area (Å²) in [6, 6.07) is 5.93. The Labute approximate surface area is 114 Å². The van der Waals surface area contributed by atoms with E-state index in [0.717, 1.165) is 5.69 Å². The molecule has 1 aromatic rings. The van der Waals surface area contributed by atoms with Crippen molar-refractivity contribution in [2.45, 2.75) is 38.6 Å². The van der Waals surface area contributed by atoms with Crippen LogP contribution in [-0.2, 0) is 0 Å². The highest BCUT2D eigenvalue weighted by Gasteiger charge is 2.21. The lowest BCUT2D eigenvalue weighted by molar-refractivity contribution is 0.0963. The van der Waals surface area contributed by atoms with Crippen molar-refractivity contribution >= 4 is 17.3 Å². The van der Waals surface area contributed by atoms with Gasteiger partial charge in [-0.25, -0.2) is 0 Å². The summed E-state index contributed by atoms with van der Waals surface area (Å²) in [6.45, 7) is 2.28. The normalized spacial score (nSPS) is 22.8. The molecular formula is C15H23N3O. The van der Waals surface area contributed by atoms with Gasteiger partial charge in [-0.3, -0.25) is 4.79 Å². The molecule has 0 spiro atoms. The average Bonchev–Trinajstić information content (AvgIpc) is 2.42. The van der Waals surface area contributed by atoms with Crippen molar-refractivity contribution in [2.75, 3.05) is 18.1 Å². The van der Waals surface area contributed by atoms with Gasteiger partial charge >= 0.3 is 0 Å². The predicted molar refractivity (Wildman–Crippen MR) is 79.3 cm³/mol. The van der Waals surface area contributed by atoms with Crippen LogP contribution in [0.25, 0.3) is 0 Å². The van der Waals surface area contributed by atoms with E-state index in [0.29, 0.717) is 23.2 Å². The number of hydrogen-bond acceptors (Lipinski definition) is 3. The second-order valence-corrected chi connectivity index (χ2v) is 5.39. The van der Waals surface area contributed by atoms with E-state index in [2.05, 4.69) is 17.6 Å². The molecule has 1 saturated carbocycles. The van der Waals surface area contributed by atoms with Gasteiger partial charge in [0.15, 0.2) is 0 Å². The van der Waals surface area contributed by atoms with Gasteiger partial charge in [-0.2, -0.15) is 0 Å². The lowest BCUT2D eigenvalue weighted by atomic mass is 9.86. The van der Waals surface area contributed by atoms with Gasteiger partial charge in [0.2, 0.25) is 0 Å². The number of hydrogen-bond donors (Lipinski definition) is 3. The monoisotopic (exact) mass is 261 g/mol. The first kappa shape index (κ1) is 13.7. The van der Waals surface area contributed by atoms with Crippen LogP contribution in [0.15, 0.2) is 18.2 Å². The minimum atomic E-state index is -0.107. The van der Waals surface area contributed by atoms with Crippen LogP contribution in [0, 0.1) is 5.92 Å². The van der Waals surface area contributed by atoms with Crippen molar-refractivity contribution in [3.8, 4) is 0 Å². The fraction of sp³-hybridized carbons (Fsp3) is 0.533. The van der Waals surface area contributed by atoms with Crippen LogP contribution in [0.4, 0.5) is 11.4 Å². The van der Waals surface area contributed by atoms with Crippen molar-refractivity contribution in [3.05, 3.63) is 23.8 Å². The number of nitrogens with two attached hydrogens (primary N) is 1. The molecule has 1 aliphatic rings. The first-order chi connectivity index (χ1) is 9.11. The molecule has 4 heteroatoms. The molecule has 1 aliphatic carbocycles. The van der Waals surface area contributed by atoms with Crippen molar-refractivity contribution in [2.24, 2.45) is 5.92 Å². The Morgan fingerprint density at radius 1 is 1.32 bits per heavy atom. The van der Waals surface area contributed by atoms with E-state index in [1.807, 2.05) is 12.1 Å². The summed E-state index contributed by atoms with van der Waals surface area (Å²) in [5, 5.41) is 6.13. The first-order valence-corrected chi connectivity index (χ1v) is 7.00. The number of benzene rings is 1. The van der Waals surface area contributed by atoms with Crippen LogP contribution < -0.4 is 16.4 Å². The lowest BCUT2D eigenvalue weighted by Gasteiger charge is -2.30. The number of nitrogens with one attached hydrogen (secondary N) is 2. The maximum atomic E-state index is 11.5. The molecular weight excluding hydrogens is 238 g/mol. The zero-order valence-electron chi connectivity index (χ0n) is 11.7. The van der Waals surface area contributed by atoms with Crippen LogP contribution in [0.5, 0.6) is 0 Å². The van der Waals surface area contributed by atoms with Gasteiger partial charge in [0, 0.05) is 18.7 Å². The summed E-state index contributed by atoms with van der Waals surface area (Å²) in [5.74, 6) is 0.566. The van der Waals surface area contributed by atoms with Crippen molar-refractivity contribution in [1.82, 2.24) is 5.32 Å². The molecule has 0 radical (unpaired) electrons. The summed E-state index contributed by atoms with van der Waals surface area (Å²) in [7, 11) is 1.62.